The summed E-state index contributed by atoms with van der Waals surface area (Å²) in [5.41, 5.74) is 3.85. The quantitative estimate of drug-likeness (QED) is 0.545. The molecule has 1 aliphatic heterocycles. The van der Waals surface area contributed by atoms with Crippen molar-refractivity contribution < 1.29 is 9.53 Å². The van der Waals surface area contributed by atoms with Crippen molar-refractivity contribution in [2.75, 3.05) is 19.7 Å². The molecule has 0 atom stereocenters. The third kappa shape index (κ3) is 5.10. The van der Waals surface area contributed by atoms with Crippen LogP contribution in [0.5, 0.6) is 5.75 Å². The average Bonchev–Trinajstić information content (AvgIpc) is 3.07. The molecule has 2 aromatic carbocycles. The highest BCUT2D eigenvalue weighted by Crippen LogP contribution is 2.23. The van der Waals surface area contributed by atoms with Crippen LogP contribution in [0, 0.1) is 19.8 Å². The van der Waals surface area contributed by atoms with E-state index in [4.69, 9.17) is 16.3 Å². The van der Waals surface area contributed by atoms with Crippen LogP contribution in [0.15, 0.2) is 54.6 Å². The monoisotopic (exact) mass is 437 g/mol. The van der Waals surface area contributed by atoms with Crippen molar-refractivity contribution in [1.29, 1.82) is 0 Å². The first-order chi connectivity index (χ1) is 15.0. The van der Waals surface area contributed by atoms with Crippen LogP contribution in [-0.2, 0) is 11.2 Å². The molecule has 1 fully saturated rings. The van der Waals surface area contributed by atoms with Gasteiger partial charge in [-0.25, -0.2) is 4.68 Å². The molecule has 1 aliphatic rings. The maximum Gasteiger partial charge on any atom is 0.227 e. The standard InChI is InChI=1S/C25H28ClN3O2/c1-18-24(19(2)29(27-18)22-10-8-21(26)9-11-22)16-25(30)28-14-12-20(13-15-28)17-31-23-6-4-3-5-7-23/h3-11,20H,12-17H2,1-2H3. The molecule has 0 unspecified atom stereocenters. The van der Waals surface area contributed by atoms with Crippen LogP contribution < -0.4 is 4.74 Å². The molecule has 0 aliphatic carbocycles. The number of ether oxygens (including phenoxy) is 1. The Labute approximate surface area is 188 Å². The molecule has 2 heterocycles. The molecule has 1 amide bonds. The van der Waals surface area contributed by atoms with Crippen LogP contribution in [0.1, 0.15) is 29.8 Å². The number of para-hydroxylation sites is 1. The largest absolute Gasteiger partial charge is 0.493 e. The summed E-state index contributed by atoms with van der Waals surface area (Å²) in [5.74, 6) is 1.56. The fourth-order valence-corrected chi connectivity index (χ4v) is 4.23. The van der Waals surface area contributed by atoms with Gasteiger partial charge in [0.05, 0.1) is 24.4 Å². The van der Waals surface area contributed by atoms with Crippen LogP contribution in [0.3, 0.4) is 0 Å². The lowest BCUT2D eigenvalue weighted by atomic mass is 9.97. The first-order valence-corrected chi connectivity index (χ1v) is 11.2. The van der Waals surface area contributed by atoms with Gasteiger partial charge < -0.3 is 9.64 Å². The SMILES string of the molecule is Cc1nn(-c2ccc(Cl)cc2)c(C)c1CC(=O)N1CCC(COc2ccccc2)CC1. The second kappa shape index (κ2) is 9.56. The number of halogens is 1. The molecule has 0 bridgehead atoms. The van der Waals surface area contributed by atoms with Gasteiger partial charge in [0.2, 0.25) is 5.91 Å². The van der Waals surface area contributed by atoms with Crippen LogP contribution in [0.2, 0.25) is 5.02 Å². The van der Waals surface area contributed by atoms with E-state index in [2.05, 4.69) is 5.10 Å². The van der Waals surface area contributed by atoms with Crippen LogP contribution in [0.4, 0.5) is 0 Å². The van der Waals surface area contributed by atoms with Gasteiger partial charge in [0.15, 0.2) is 0 Å². The Hall–Kier alpha value is -2.79. The third-order valence-electron chi connectivity index (χ3n) is 6.04. The van der Waals surface area contributed by atoms with Gasteiger partial charge in [-0.1, -0.05) is 29.8 Å². The third-order valence-corrected chi connectivity index (χ3v) is 6.29. The topological polar surface area (TPSA) is 47.4 Å². The molecule has 0 saturated carbocycles. The van der Waals surface area contributed by atoms with Gasteiger partial charge in [-0.05, 0) is 69.0 Å². The summed E-state index contributed by atoms with van der Waals surface area (Å²) < 4.78 is 7.79. The van der Waals surface area contributed by atoms with Crippen molar-refractivity contribution in [2.45, 2.75) is 33.1 Å². The summed E-state index contributed by atoms with van der Waals surface area (Å²) >= 11 is 6.00. The molecule has 0 spiro atoms. The van der Waals surface area contributed by atoms with E-state index in [-0.39, 0.29) is 5.91 Å². The smallest absolute Gasteiger partial charge is 0.227 e. The minimum Gasteiger partial charge on any atom is -0.493 e. The van der Waals surface area contributed by atoms with E-state index in [1.165, 1.54) is 0 Å². The van der Waals surface area contributed by atoms with Gasteiger partial charge in [-0.2, -0.15) is 5.10 Å². The first kappa shape index (κ1) is 21.4. The lowest BCUT2D eigenvalue weighted by molar-refractivity contribution is -0.132. The maximum absolute atomic E-state index is 13.0. The number of rotatable bonds is 6. The molecule has 0 N–H and O–H groups in total. The lowest BCUT2D eigenvalue weighted by Crippen LogP contribution is -2.40. The molecule has 31 heavy (non-hydrogen) atoms. The Balaban J connectivity index is 1.33. The zero-order valence-electron chi connectivity index (χ0n) is 18.1. The van der Waals surface area contributed by atoms with Crippen molar-refractivity contribution in [1.82, 2.24) is 14.7 Å². The summed E-state index contributed by atoms with van der Waals surface area (Å²) in [6, 6.07) is 17.5. The summed E-state index contributed by atoms with van der Waals surface area (Å²) in [5, 5.41) is 5.35. The predicted molar refractivity (Wildman–Crippen MR) is 123 cm³/mol. The van der Waals surface area contributed by atoms with Crippen LogP contribution >= 0.6 is 11.6 Å². The predicted octanol–water partition coefficient (Wildman–Crippen LogP) is 5.00. The van der Waals surface area contributed by atoms with E-state index in [1.807, 2.05) is 78.0 Å². The molecule has 4 rings (SSSR count). The Morgan fingerprint density at radius 1 is 1.06 bits per heavy atom. The number of aryl methyl sites for hydroxylation is 1. The summed E-state index contributed by atoms with van der Waals surface area (Å²) in [6.07, 6.45) is 2.33. The second-order valence-electron chi connectivity index (χ2n) is 8.16. The van der Waals surface area contributed by atoms with E-state index in [0.29, 0.717) is 24.0 Å². The maximum atomic E-state index is 13.0. The number of carbonyl (C=O) groups excluding carboxylic acids is 1. The first-order valence-electron chi connectivity index (χ1n) is 10.8. The number of hydrogen-bond donors (Lipinski definition) is 0. The van der Waals surface area contributed by atoms with E-state index >= 15 is 0 Å². The highest BCUT2D eigenvalue weighted by Gasteiger charge is 2.25. The summed E-state index contributed by atoms with van der Waals surface area (Å²) in [6.45, 7) is 6.26. The van der Waals surface area contributed by atoms with Crippen molar-refractivity contribution >= 4 is 17.5 Å². The highest BCUT2D eigenvalue weighted by atomic mass is 35.5. The van der Waals surface area contributed by atoms with E-state index in [9.17, 15) is 4.79 Å². The Morgan fingerprint density at radius 3 is 2.42 bits per heavy atom. The zero-order chi connectivity index (χ0) is 21.8. The molecule has 1 saturated heterocycles. The zero-order valence-corrected chi connectivity index (χ0v) is 18.8. The number of nitrogens with zero attached hydrogens (tertiary/aromatic N) is 3. The number of piperidine rings is 1. The molecule has 6 heteroatoms. The highest BCUT2D eigenvalue weighted by molar-refractivity contribution is 6.30. The van der Waals surface area contributed by atoms with Gasteiger partial charge in [-0.3, -0.25) is 4.79 Å². The van der Waals surface area contributed by atoms with Gasteiger partial charge in [-0.15, -0.1) is 0 Å². The van der Waals surface area contributed by atoms with Crippen molar-refractivity contribution in [3.63, 3.8) is 0 Å². The van der Waals surface area contributed by atoms with Crippen LogP contribution in [0.25, 0.3) is 5.69 Å². The number of hydrogen-bond acceptors (Lipinski definition) is 3. The van der Waals surface area contributed by atoms with Crippen molar-refractivity contribution in [3.8, 4) is 11.4 Å². The van der Waals surface area contributed by atoms with Gasteiger partial charge in [0.25, 0.3) is 0 Å². The van der Waals surface area contributed by atoms with E-state index in [1.54, 1.807) is 0 Å². The molecular weight excluding hydrogens is 410 g/mol. The van der Waals surface area contributed by atoms with E-state index in [0.717, 1.165) is 54.3 Å². The number of aromatic nitrogens is 2. The Morgan fingerprint density at radius 2 is 1.74 bits per heavy atom. The van der Waals surface area contributed by atoms with Gasteiger partial charge in [0, 0.05) is 29.4 Å². The summed E-state index contributed by atoms with van der Waals surface area (Å²) in [7, 11) is 0. The fourth-order valence-electron chi connectivity index (χ4n) is 4.11. The molecule has 5 nitrogen and oxygen atoms in total. The minimum atomic E-state index is 0.171. The van der Waals surface area contributed by atoms with Crippen LogP contribution in [-0.4, -0.2) is 40.3 Å². The number of amides is 1. The Bertz CT molecular complexity index is 1020. The molecule has 3 aromatic rings. The Kier molecular flexibility index (Phi) is 6.62. The number of benzene rings is 2. The lowest BCUT2D eigenvalue weighted by Gasteiger charge is -2.32. The van der Waals surface area contributed by atoms with E-state index < -0.39 is 0 Å². The van der Waals surface area contributed by atoms with Gasteiger partial charge in [0.1, 0.15) is 5.75 Å². The number of carbonyl (C=O) groups is 1. The normalized spacial score (nSPS) is 14.6. The van der Waals surface area contributed by atoms with Gasteiger partial charge >= 0.3 is 0 Å². The fraction of sp³-hybridized carbons (Fsp3) is 0.360. The molecular formula is C25H28ClN3O2. The van der Waals surface area contributed by atoms with Crippen molar-refractivity contribution in [2.24, 2.45) is 5.92 Å². The average molecular weight is 438 g/mol. The molecule has 0 radical (unpaired) electrons. The molecule has 162 valence electrons. The second-order valence-corrected chi connectivity index (χ2v) is 8.60. The van der Waals surface area contributed by atoms with Crippen molar-refractivity contribution in [3.05, 3.63) is 76.6 Å². The minimum absolute atomic E-state index is 0.171. The molecule has 1 aromatic heterocycles. The number of likely N-dealkylation sites (tertiary alicyclic amines) is 1. The summed E-state index contributed by atoms with van der Waals surface area (Å²) in [4.78, 5) is 15.0.